The zero-order chi connectivity index (χ0) is 12.3. The lowest BCUT2D eigenvalue weighted by Gasteiger charge is -2.08. The molecule has 6 heteroatoms. The minimum atomic E-state index is 0.859. The van der Waals surface area contributed by atoms with Crippen molar-refractivity contribution >= 4 is 28.9 Å². The van der Waals surface area contributed by atoms with Crippen LogP contribution in [0.3, 0.4) is 0 Å². The van der Waals surface area contributed by atoms with Gasteiger partial charge in [-0.05, 0) is 32.5 Å². The number of anilines is 1. The highest BCUT2D eigenvalue weighted by Gasteiger charge is 2.09. The van der Waals surface area contributed by atoms with E-state index in [1.807, 2.05) is 19.2 Å². The van der Waals surface area contributed by atoms with Gasteiger partial charge < -0.3 is 5.32 Å². The van der Waals surface area contributed by atoms with Crippen LogP contribution >= 0.6 is 23.1 Å². The van der Waals surface area contributed by atoms with Crippen molar-refractivity contribution in [2.45, 2.75) is 30.1 Å². The van der Waals surface area contributed by atoms with Crippen molar-refractivity contribution in [2.24, 2.45) is 0 Å². The lowest BCUT2D eigenvalue weighted by molar-refractivity contribution is 0.988. The average Bonchev–Trinajstić information content (AvgIpc) is 2.70. The average molecular weight is 266 g/mol. The number of nitrogens with one attached hydrogen (secondary N) is 1. The smallest absolute Gasteiger partial charge is 0.156 e. The molecule has 1 N–H and O–H groups in total. The van der Waals surface area contributed by atoms with Crippen LogP contribution in [0.25, 0.3) is 0 Å². The second-order valence-electron chi connectivity index (χ2n) is 3.54. The molecule has 0 radical (unpaired) electrons. The Morgan fingerprint density at radius 2 is 2.18 bits per heavy atom. The van der Waals surface area contributed by atoms with Crippen molar-refractivity contribution in [1.29, 1.82) is 0 Å². The Morgan fingerprint density at radius 1 is 1.35 bits per heavy atom. The maximum absolute atomic E-state index is 4.42. The second kappa shape index (κ2) is 5.46. The Hall–Kier alpha value is -1.14. The van der Waals surface area contributed by atoms with Gasteiger partial charge in [-0.3, -0.25) is 0 Å². The van der Waals surface area contributed by atoms with Crippen LogP contribution < -0.4 is 5.32 Å². The van der Waals surface area contributed by atoms with Crippen LogP contribution in [0, 0.1) is 13.8 Å². The molecule has 0 fully saturated rings. The van der Waals surface area contributed by atoms with Crippen LogP contribution in [0.4, 0.5) is 5.82 Å². The van der Waals surface area contributed by atoms with E-state index in [0.717, 1.165) is 33.0 Å². The van der Waals surface area contributed by atoms with Crippen molar-refractivity contribution in [2.75, 3.05) is 11.9 Å². The lowest BCUT2D eigenvalue weighted by Crippen LogP contribution is -2.03. The molecule has 0 atom stereocenters. The summed E-state index contributed by atoms with van der Waals surface area (Å²) in [5, 5.41) is 6.23. The second-order valence-corrected chi connectivity index (χ2v) is 5.63. The standard InChI is InChI=1S/C11H14N4S2/c1-4-12-9-8(3)10(14-6-13-9)17-11-15-7(2)5-16-11/h5-6H,4H2,1-3H3,(H,12,13,14). The van der Waals surface area contributed by atoms with E-state index in [-0.39, 0.29) is 0 Å². The predicted molar refractivity (Wildman–Crippen MR) is 71.9 cm³/mol. The molecule has 0 aliphatic carbocycles. The SMILES string of the molecule is CCNc1ncnc(Sc2nc(C)cs2)c1C. The molecule has 90 valence electrons. The molecule has 0 aromatic carbocycles. The Bertz CT molecular complexity index is 510. The summed E-state index contributed by atoms with van der Waals surface area (Å²) in [4.78, 5) is 13.0. The fraction of sp³-hybridized carbons (Fsp3) is 0.364. The zero-order valence-corrected chi connectivity index (χ0v) is 11.7. The molecule has 2 aromatic rings. The fourth-order valence-corrected chi connectivity index (χ4v) is 3.14. The molecule has 0 unspecified atom stereocenters. The summed E-state index contributed by atoms with van der Waals surface area (Å²) in [5.74, 6) is 0.901. The van der Waals surface area contributed by atoms with Gasteiger partial charge in [0.2, 0.25) is 0 Å². The van der Waals surface area contributed by atoms with Crippen LogP contribution in [-0.2, 0) is 0 Å². The van der Waals surface area contributed by atoms with Crippen molar-refractivity contribution in [3.05, 3.63) is 23.0 Å². The molecule has 2 rings (SSSR count). The first-order chi connectivity index (χ1) is 8.20. The summed E-state index contributed by atoms with van der Waals surface area (Å²) in [6, 6.07) is 0. The van der Waals surface area contributed by atoms with Gasteiger partial charge in [0.25, 0.3) is 0 Å². The van der Waals surface area contributed by atoms with E-state index >= 15 is 0 Å². The summed E-state index contributed by atoms with van der Waals surface area (Å²) in [5.41, 5.74) is 2.13. The van der Waals surface area contributed by atoms with Gasteiger partial charge >= 0.3 is 0 Å². The third kappa shape index (κ3) is 2.95. The fourth-order valence-electron chi connectivity index (χ4n) is 1.34. The van der Waals surface area contributed by atoms with Gasteiger partial charge in [-0.1, -0.05) is 0 Å². The van der Waals surface area contributed by atoms with Crippen molar-refractivity contribution in [3.63, 3.8) is 0 Å². The zero-order valence-electron chi connectivity index (χ0n) is 10.0. The minimum absolute atomic E-state index is 0.859. The van der Waals surface area contributed by atoms with Gasteiger partial charge in [0.05, 0.1) is 0 Å². The normalized spacial score (nSPS) is 10.5. The topological polar surface area (TPSA) is 50.7 Å². The Labute approximate surface area is 109 Å². The first kappa shape index (κ1) is 12.3. The third-order valence-corrected chi connectivity index (χ3v) is 4.33. The van der Waals surface area contributed by atoms with E-state index in [1.165, 1.54) is 0 Å². The molecular weight excluding hydrogens is 252 g/mol. The van der Waals surface area contributed by atoms with E-state index in [0.29, 0.717) is 0 Å². The number of hydrogen-bond donors (Lipinski definition) is 1. The number of aryl methyl sites for hydroxylation is 1. The third-order valence-electron chi connectivity index (χ3n) is 2.16. The summed E-state index contributed by atoms with van der Waals surface area (Å²) >= 11 is 3.23. The largest absolute Gasteiger partial charge is 0.370 e. The van der Waals surface area contributed by atoms with E-state index in [4.69, 9.17) is 0 Å². The van der Waals surface area contributed by atoms with Gasteiger partial charge in [0, 0.05) is 23.2 Å². The Kier molecular flexibility index (Phi) is 3.96. The van der Waals surface area contributed by atoms with Crippen molar-refractivity contribution in [3.8, 4) is 0 Å². The maximum Gasteiger partial charge on any atom is 0.156 e. The van der Waals surface area contributed by atoms with E-state index in [9.17, 15) is 0 Å². The first-order valence-electron chi connectivity index (χ1n) is 5.36. The highest BCUT2D eigenvalue weighted by Crippen LogP contribution is 2.32. The van der Waals surface area contributed by atoms with Gasteiger partial charge in [-0.25, -0.2) is 15.0 Å². The molecule has 0 aliphatic heterocycles. The van der Waals surface area contributed by atoms with Crippen LogP contribution in [0.5, 0.6) is 0 Å². The molecular formula is C11H14N4S2. The maximum atomic E-state index is 4.42. The first-order valence-corrected chi connectivity index (χ1v) is 7.05. The van der Waals surface area contributed by atoms with Gasteiger partial charge in [0.15, 0.2) is 4.34 Å². The number of hydrogen-bond acceptors (Lipinski definition) is 6. The van der Waals surface area contributed by atoms with Crippen LogP contribution in [0.1, 0.15) is 18.2 Å². The Balaban J connectivity index is 2.23. The summed E-state index contributed by atoms with van der Waals surface area (Å²) in [6.45, 7) is 6.94. The summed E-state index contributed by atoms with van der Waals surface area (Å²) in [7, 11) is 0. The molecule has 2 heterocycles. The molecule has 0 spiro atoms. The molecule has 4 nitrogen and oxygen atoms in total. The summed E-state index contributed by atoms with van der Waals surface area (Å²) < 4.78 is 1.02. The van der Waals surface area contributed by atoms with Gasteiger partial charge in [-0.15, -0.1) is 11.3 Å². The van der Waals surface area contributed by atoms with E-state index in [1.54, 1.807) is 29.4 Å². The van der Waals surface area contributed by atoms with E-state index < -0.39 is 0 Å². The number of rotatable bonds is 4. The van der Waals surface area contributed by atoms with Crippen molar-refractivity contribution in [1.82, 2.24) is 15.0 Å². The van der Waals surface area contributed by atoms with Gasteiger partial charge in [0.1, 0.15) is 17.2 Å². The number of nitrogens with zero attached hydrogens (tertiary/aromatic N) is 3. The van der Waals surface area contributed by atoms with Crippen LogP contribution in [0.15, 0.2) is 21.1 Å². The monoisotopic (exact) mass is 266 g/mol. The molecule has 2 aromatic heterocycles. The lowest BCUT2D eigenvalue weighted by atomic mass is 10.3. The van der Waals surface area contributed by atoms with Crippen LogP contribution in [-0.4, -0.2) is 21.5 Å². The molecule has 0 bridgehead atoms. The van der Waals surface area contributed by atoms with Crippen molar-refractivity contribution < 1.29 is 0 Å². The Morgan fingerprint density at radius 3 is 2.82 bits per heavy atom. The number of thiazole rings is 1. The minimum Gasteiger partial charge on any atom is -0.370 e. The molecule has 0 saturated heterocycles. The van der Waals surface area contributed by atoms with Gasteiger partial charge in [-0.2, -0.15) is 0 Å². The molecule has 0 aliphatic rings. The quantitative estimate of drug-likeness (QED) is 0.862. The van der Waals surface area contributed by atoms with Crippen LogP contribution in [0.2, 0.25) is 0 Å². The highest BCUT2D eigenvalue weighted by molar-refractivity contribution is 8.01. The highest BCUT2D eigenvalue weighted by atomic mass is 32.2. The predicted octanol–water partition coefficient (Wildman–Crippen LogP) is 3.13. The number of aromatic nitrogens is 3. The summed E-state index contributed by atoms with van der Waals surface area (Å²) in [6.07, 6.45) is 1.59. The molecule has 0 amide bonds. The molecule has 0 saturated carbocycles. The molecule has 17 heavy (non-hydrogen) atoms. The van der Waals surface area contributed by atoms with E-state index in [2.05, 4.69) is 27.2 Å².